The van der Waals surface area contributed by atoms with Crippen LogP contribution < -0.4 is 32.3 Å². The zero-order valence-corrected chi connectivity index (χ0v) is 32.5. The molecule has 0 aromatic heterocycles. The number of nitrogens with one attached hydrogen (secondary N) is 5. The van der Waals surface area contributed by atoms with E-state index in [2.05, 4.69) is 26.6 Å². The molecule has 20 heteroatoms. The lowest BCUT2D eigenvalue weighted by Crippen LogP contribution is -2.56. The monoisotopic (exact) mass is 802 g/mol. The number of carbonyl (C=O) groups is 9. The van der Waals surface area contributed by atoms with Crippen molar-refractivity contribution in [2.24, 2.45) is 5.73 Å². The van der Waals surface area contributed by atoms with Crippen molar-refractivity contribution in [1.29, 1.82) is 0 Å². The standard InChI is InChI=1S/C37H58N10O10/c38-14-2-1-8-23(32(52)40-20-30(49)45-17-7-13-28(45)37(57)47-19-6-11-26(47)34(54)42-22-31(50)51)43-35(55)27-12-4-16-44(27)29(48)21-41-33(53)25-10-5-18-46(25)36(56)24-9-3-15-39-24/h23-28,39H,1-22,38H2,(H,40,52)(H,41,53)(H,42,54)(H,43,55)(H,50,51)/t23-,24-,25-,26-,27-,28-/m0/s1. The molecule has 0 aromatic rings. The third-order valence-electron chi connectivity index (χ3n) is 11.6. The highest BCUT2D eigenvalue weighted by Crippen LogP contribution is 2.26. The van der Waals surface area contributed by atoms with Gasteiger partial charge in [-0.3, -0.25) is 43.2 Å². The summed E-state index contributed by atoms with van der Waals surface area (Å²) < 4.78 is 0. The Hall–Kier alpha value is -4.85. The second-order valence-corrected chi connectivity index (χ2v) is 15.4. The zero-order valence-electron chi connectivity index (χ0n) is 32.5. The molecule has 8 N–H and O–H groups in total. The number of nitrogens with zero attached hydrogens (tertiary/aromatic N) is 4. The maximum atomic E-state index is 13.6. The summed E-state index contributed by atoms with van der Waals surface area (Å²) in [5.41, 5.74) is 5.68. The SMILES string of the molecule is NCCCC[C@H](NC(=O)[C@@H]1CCCN1C(=O)CNC(=O)[C@@H]1CCCN1C(=O)[C@@H]1CCCN1)C(=O)NCC(=O)N1CCC[C@H]1C(=O)N1CCC[C@H]1C(=O)NCC(=O)O. The fourth-order valence-electron chi connectivity index (χ4n) is 8.63. The highest BCUT2D eigenvalue weighted by molar-refractivity contribution is 5.97. The largest absolute Gasteiger partial charge is 0.480 e. The van der Waals surface area contributed by atoms with E-state index < -0.39 is 90.6 Å². The van der Waals surface area contributed by atoms with Gasteiger partial charge in [0.05, 0.1) is 19.1 Å². The van der Waals surface area contributed by atoms with E-state index in [9.17, 15) is 43.2 Å². The van der Waals surface area contributed by atoms with E-state index in [0.29, 0.717) is 83.8 Å². The fourth-order valence-corrected chi connectivity index (χ4v) is 8.63. The van der Waals surface area contributed by atoms with Crippen molar-refractivity contribution in [1.82, 2.24) is 46.2 Å². The third-order valence-corrected chi connectivity index (χ3v) is 11.6. The first-order valence-corrected chi connectivity index (χ1v) is 20.4. The van der Waals surface area contributed by atoms with E-state index in [0.717, 1.165) is 19.4 Å². The van der Waals surface area contributed by atoms with Gasteiger partial charge in [-0.15, -0.1) is 0 Å². The minimum Gasteiger partial charge on any atom is -0.480 e. The Morgan fingerprint density at radius 3 is 1.67 bits per heavy atom. The van der Waals surface area contributed by atoms with Gasteiger partial charge in [-0.2, -0.15) is 0 Å². The molecule has 20 nitrogen and oxygen atoms in total. The van der Waals surface area contributed by atoms with Gasteiger partial charge < -0.3 is 57.0 Å². The van der Waals surface area contributed by atoms with Gasteiger partial charge in [-0.05, 0) is 96.6 Å². The van der Waals surface area contributed by atoms with Crippen LogP contribution in [-0.4, -0.2) is 173 Å². The second-order valence-electron chi connectivity index (χ2n) is 15.4. The summed E-state index contributed by atoms with van der Waals surface area (Å²) in [5, 5.41) is 22.5. The predicted octanol–water partition coefficient (Wildman–Crippen LogP) is -3.25. The van der Waals surface area contributed by atoms with Crippen LogP contribution in [-0.2, 0) is 43.2 Å². The summed E-state index contributed by atoms with van der Waals surface area (Å²) in [7, 11) is 0. The van der Waals surface area contributed by atoms with Crippen LogP contribution >= 0.6 is 0 Å². The highest BCUT2D eigenvalue weighted by Gasteiger charge is 2.43. The van der Waals surface area contributed by atoms with Crippen LogP contribution in [0, 0.1) is 0 Å². The van der Waals surface area contributed by atoms with E-state index in [1.165, 1.54) is 14.7 Å². The van der Waals surface area contributed by atoms with Crippen LogP contribution in [0.4, 0.5) is 0 Å². The number of hydrogen-bond acceptors (Lipinski definition) is 11. The van der Waals surface area contributed by atoms with E-state index in [-0.39, 0.29) is 38.0 Å². The number of hydrogen-bond donors (Lipinski definition) is 7. The highest BCUT2D eigenvalue weighted by atomic mass is 16.4. The molecular weight excluding hydrogens is 744 g/mol. The van der Waals surface area contributed by atoms with E-state index >= 15 is 0 Å². The van der Waals surface area contributed by atoms with Crippen LogP contribution in [0.1, 0.15) is 83.5 Å². The fraction of sp³-hybridized carbons (Fsp3) is 0.757. The van der Waals surface area contributed by atoms with Gasteiger partial charge in [0.2, 0.25) is 47.3 Å². The average Bonchev–Trinajstić information content (AvgIpc) is 4.06. The molecule has 0 radical (unpaired) electrons. The molecule has 0 unspecified atom stereocenters. The summed E-state index contributed by atoms with van der Waals surface area (Å²) in [6, 6.07) is -4.56. The first kappa shape index (κ1) is 43.3. The molecule has 0 aliphatic carbocycles. The van der Waals surface area contributed by atoms with Gasteiger partial charge >= 0.3 is 5.97 Å². The molecule has 316 valence electrons. The van der Waals surface area contributed by atoms with Crippen molar-refractivity contribution < 1.29 is 48.3 Å². The molecule has 0 aromatic carbocycles. The van der Waals surface area contributed by atoms with E-state index in [1.54, 1.807) is 4.90 Å². The maximum absolute atomic E-state index is 13.6. The average molecular weight is 803 g/mol. The molecule has 6 atom stereocenters. The minimum atomic E-state index is -1.21. The lowest BCUT2D eigenvalue weighted by Gasteiger charge is -2.31. The molecule has 5 aliphatic heterocycles. The van der Waals surface area contributed by atoms with Crippen LogP contribution in [0.5, 0.6) is 0 Å². The minimum absolute atomic E-state index is 0.104. The summed E-state index contributed by atoms with van der Waals surface area (Å²) in [4.78, 5) is 123. The third kappa shape index (κ3) is 11.0. The number of likely N-dealkylation sites (tertiary alicyclic amines) is 4. The number of carboxylic acids is 1. The van der Waals surface area contributed by atoms with Gasteiger partial charge in [0.1, 0.15) is 36.8 Å². The van der Waals surface area contributed by atoms with Gasteiger partial charge in [0.15, 0.2) is 0 Å². The maximum Gasteiger partial charge on any atom is 0.322 e. The molecule has 0 saturated carbocycles. The number of carbonyl (C=O) groups excluding carboxylic acids is 8. The Labute approximate surface area is 331 Å². The van der Waals surface area contributed by atoms with Crippen molar-refractivity contribution in [2.45, 2.75) is 120 Å². The van der Waals surface area contributed by atoms with Crippen LogP contribution in [0.25, 0.3) is 0 Å². The van der Waals surface area contributed by atoms with Gasteiger partial charge in [0.25, 0.3) is 0 Å². The molecule has 57 heavy (non-hydrogen) atoms. The smallest absolute Gasteiger partial charge is 0.322 e. The Morgan fingerprint density at radius 1 is 0.596 bits per heavy atom. The number of rotatable bonds is 17. The van der Waals surface area contributed by atoms with E-state index in [4.69, 9.17) is 10.8 Å². The van der Waals surface area contributed by atoms with Crippen LogP contribution in [0.2, 0.25) is 0 Å². The number of aliphatic carboxylic acids is 1. The zero-order chi connectivity index (χ0) is 41.1. The summed E-state index contributed by atoms with van der Waals surface area (Å²) in [5.74, 6) is -4.82. The lowest BCUT2D eigenvalue weighted by molar-refractivity contribution is -0.147. The normalized spacial score (nSPS) is 25.0. The molecule has 5 aliphatic rings. The van der Waals surface area contributed by atoms with Crippen molar-refractivity contribution in [3.05, 3.63) is 0 Å². The van der Waals surface area contributed by atoms with Crippen molar-refractivity contribution >= 4 is 53.2 Å². The predicted molar refractivity (Wildman–Crippen MR) is 201 cm³/mol. The number of nitrogens with two attached hydrogens (primary N) is 1. The number of amides is 8. The van der Waals surface area contributed by atoms with Crippen molar-refractivity contribution in [3.8, 4) is 0 Å². The number of carboxylic acid groups (broad SMARTS) is 1. The van der Waals surface area contributed by atoms with Crippen molar-refractivity contribution in [2.75, 3.05) is 58.9 Å². The molecule has 5 saturated heterocycles. The van der Waals surface area contributed by atoms with E-state index in [1.807, 2.05) is 0 Å². The molecule has 5 heterocycles. The summed E-state index contributed by atoms with van der Waals surface area (Å²) in [6.45, 7) is 1.09. The van der Waals surface area contributed by atoms with Gasteiger partial charge in [-0.1, -0.05) is 0 Å². The molecule has 0 bridgehead atoms. The van der Waals surface area contributed by atoms with Crippen LogP contribution in [0.3, 0.4) is 0 Å². The van der Waals surface area contributed by atoms with Gasteiger partial charge in [-0.25, -0.2) is 0 Å². The molecule has 5 fully saturated rings. The van der Waals surface area contributed by atoms with Gasteiger partial charge in [0, 0.05) is 26.2 Å². The first-order valence-electron chi connectivity index (χ1n) is 20.4. The molecule has 8 amide bonds. The Balaban J connectivity index is 1.12. The van der Waals surface area contributed by atoms with Crippen molar-refractivity contribution in [3.63, 3.8) is 0 Å². The first-order chi connectivity index (χ1) is 27.4. The lowest BCUT2D eigenvalue weighted by atomic mass is 10.1. The molecule has 5 rings (SSSR count). The topological polar surface area (TPSA) is 273 Å². The Kier molecular flexibility index (Phi) is 15.6. The summed E-state index contributed by atoms with van der Waals surface area (Å²) in [6.07, 6.45) is 6.82. The Morgan fingerprint density at radius 2 is 1.11 bits per heavy atom. The molecular formula is C37H58N10O10. The second kappa shape index (κ2) is 20.5. The quantitative estimate of drug-likeness (QED) is 0.0715. The number of unbranched alkanes of at least 4 members (excludes halogenated alkanes) is 1. The molecule has 0 spiro atoms. The van der Waals surface area contributed by atoms with Crippen LogP contribution in [0.15, 0.2) is 0 Å². The Bertz CT molecular complexity index is 1540. The summed E-state index contributed by atoms with van der Waals surface area (Å²) >= 11 is 0.